The van der Waals surface area contributed by atoms with E-state index in [1.54, 1.807) is 24.3 Å². The van der Waals surface area contributed by atoms with Crippen LogP contribution >= 0.6 is 0 Å². The molecule has 0 saturated heterocycles. The fourth-order valence-electron chi connectivity index (χ4n) is 2.03. The minimum Gasteiger partial charge on any atom is -0.750 e. The van der Waals surface area contributed by atoms with Crippen LogP contribution in [0.5, 0.6) is 0 Å². The van der Waals surface area contributed by atoms with Gasteiger partial charge in [0.15, 0.2) is 6.61 Å². The second kappa shape index (κ2) is 11.2. The lowest BCUT2D eigenvalue weighted by molar-refractivity contribution is -0.148. The number of carbonyl (C=O) groups excluding carboxylic acids is 2. The van der Waals surface area contributed by atoms with Crippen LogP contribution in [0.2, 0.25) is 0 Å². The van der Waals surface area contributed by atoms with Gasteiger partial charge in [-0.3, -0.25) is 9.50 Å². The lowest BCUT2D eigenvalue weighted by Gasteiger charge is -2.08. The van der Waals surface area contributed by atoms with Crippen LogP contribution in [0.1, 0.15) is 21.5 Å². The maximum absolute atomic E-state index is 11.9. The molecule has 0 aliphatic rings. The van der Waals surface area contributed by atoms with Gasteiger partial charge in [0.2, 0.25) is 0 Å². The van der Waals surface area contributed by atoms with Crippen LogP contribution < -0.4 is 5.32 Å². The second-order valence-electron chi connectivity index (χ2n) is 5.31. The van der Waals surface area contributed by atoms with E-state index in [9.17, 15) is 18.4 Å². The zero-order valence-corrected chi connectivity index (χ0v) is 15.1. The zero-order chi connectivity index (χ0) is 19.5. The average molecular weight is 392 g/mol. The lowest BCUT2D eigenvalue weighted by Crippen LogP contribution is -2.18. The Morgan fingerprint density at radius 2 is 1.67 bits per heavy atom. The molecule has 0 aliphatic heterocycles. The predicted octanol–water partition coefficient (Wildman–Crippen LogP) is 1.44. The van der Waals surface area contributed by atoms with Crippen LogP contribution in [-0.4, -0.2) is 34.0 Å². The Morgan fingerprint density at radius 1 is 0.963 bits per heavy atom. The maximum Gasteiger partial charge on any atom is 0.344 e. The van der Waals surface area contributed by atoms with Crippen molar-refractivity contribution in [1.29, 1.82) is 0 Å². The first-order valence-electron chi connectivity index (χ1n) is 7.93. The molecule has 1 N–H and O–H groups in total. The molecule has 0 aromatic heterocycles. The van der Waals surface area contributed by atoms with Crippen molar-refractivity contribution in [2.45, 2.75) is 13.2 Å². The Kier molecular flexibility index (Phi) is 8.59. The topological polar surface area (TPSA) is 114 Å². The van der Waals surface area contributed by atoms with Crippen molar-refractivity contribution in [3.8, 4) is 0 Å². The molecule has 0 fully saturated rings. The zero-order valence-electron chi connectivity index (χ0n) is 14.3. The van der Waals surface area contributed by atoms with Crippen LogP contribution in [0.4, 0.5) is 0 Å². The summed E-state index contributed by atoms with van der Waals surface area (Å²) in [6.07, 6.45) is 0. The van der Waals surface area contributed by atoms with E-state index >= 15 is 0 Å². The molecule has 0 bridgehead atoms. The summed E-state index contributed by atoms with van der Waals surface area (Å²) >= 11 is -2.56. The van der Waals surface area contributed by atoms with Gasteiger partial charge in [-0.2, -0.15) is 0 Å². The van der Waals surface area contributed by atoms with Gasteiger partial charge in [-0.05, 0) is 23.3 Å². The number of esters is 2. The van der Waals surface area contributed by atoms with E-state index in [0.717, 1.165) is 11.1 Å². The molecule has 9 heteroatoms. The normalized spacial score (nSPS) is 11.6. The molecule has 1 unspecified atom stereocenters. The molecule has 2 aromatic rings. The fraction of sp³-hybridized carbons (Fsp3) is 0.222. The summed E-state index contributed by atoms with van der Waals surface area (Å²) in [6.45, 7) is -0.148. The summed E-state index contributed by atoms with van der Waals surface area (Å²) in [6, 6.07) is 15.6. The number of hydrogen-bond donors (Lipinski definition) is 1. The number of rotatable bonds is 10. The monoisotopic (exact) mass is 392 g/mol. The maximum atomic E-state index is 11.9. The Bertz CT molecular complexity index is 765. The lowest BCUT2D eigenvalue weighted by atomic mass is 10.1. The molecule has 2 rings (SSSR count). The van der Waals surface area contributed by atoms with Crippen molar-refractivity contribution < 1.29 is 32.0 Å². The summed E-state index contributed by atoms with van der Waals surface area (Å²) in [4.78, 5) is 23.6. The fourth-order valence-corrected chi connectivity index (χ4v) is 2.21. The molecule has 8 nitrogen and oxygen atoms in total. The van der Waals surface area contributed by atoms with Crippen LogP contribution in [0.25, 0.3) is 0 Å². The van der Waals surface area contributed by atoms with Crippen molar-refractivity contribution in [3.05, 3.63) is 71.3 Å². The standard InChI is InChI=1S/C18H19NO7S/c20-17(24-11-15-4-2-1-3-5-15)12-25-18(21)16-8-6-14(7-9-16)10-19-13-26-27(22)23/h1-9,19H,10-13H2,(H,22,23)/p-1. The van der Waals surface area contributed by atoms with E-state index < -0.39 is 29.9 Å². The molecule has 27 heavy (non-hydrogen) atoms. The van der Waals surface area contributed by atoms with Gasteiger partial charge in [0.1, 0.15) is 13.3 Å². The minimum absolute atomic E-state index is 0.114. The molecule has 0 radical (unpaired) electrons. The molecule has 0 heterocycles. The highest BCUT2D eigenvalue weighted by Crippen LogP contribution is 2.07. The van der Waals surface area contributed by atoms with Gasteiger partial charge in [0.25, 0.3) is 0 Å². The summed E-state index contributed by atoms with van der Waals surface area (Å²) in [7, 11) is 0. The summed E-state index contributed by atoms with van der Waals surface area (Å²) < 4.78 is 34.7. The first-order valence-corrected chi connectivity index (χ1v) is 8.93. The van der Waals surface area contributed by atoms with E-state index in [1.165, 1.54) is 0 Å². The third-order valence-corrected chi connectivity index (χ3v) is 3.65. The molecule has 144 valence electrons. The largest absolute Gasteiger partial charge is 0.750 e. The third-order valence-electron chi connectivity index (χ3n) is 3.34. The van der Waals surface area contributed by atoms with Gasteiger partial charge in [-0.25, -0.2) is 13.8 Å². The summed E-state index contributed by atoms with van der Waals surface area (Å²) in [5.74, 6) is -1.28. The Morgan fingerprint density at radius 3 is 2.33 bits per heavy atom. The number of carbonyl (C=O) groups is 2. The highest BCUT2D eigenvalue weighted by atomic mass is 32.2. The Labute approximate surface area is 158 Å². The van der Waals surface area contributed by atoms with Gasteiger partial charge < -0.3 is 14.0 Å². The van der Waals surface area contributed by atoms with Crippen molar-refractivity contribution in [3.63, 3.8) is 0 Å². The van der Waals surface area contributed by atoms with Crippen molar-refractivity contribution in [2.75, 3.05) is 13.3 Å². The first kappa shape index (κ1) is 20.7. The Hall–Kier alpha value is -2.59. The molecule has 2 aromatic carbocycles. The number of ether oxygens (including phenoxy) is 2. The van der Waals surface area contributed by atoms with Crippen LogP contribution in [-0.2, 0) is 43.0 Å². The molecular formula is C18H18NO7S-. The summed E-state index contributed by atoms with van der Waals surface area (Å²) in [5.41, 5.74) is 1.94. The van der Waals surface area contributed by atoms with Crippen LogP contribution in [0, 0.1) is 0 Å². The van der Waals surface area contributed by atoms with Crippen LogP contribution in [0.3, 0.4) is 0 Å². The molecule has 0 aliphatic carbocycles. The van der Waals surface area contributed by atoms with Crippen LogP contribution in [0.15, 0.2) is 54.6 Å². The van der Waals surface area contributed by atoms with Gasteiger partial charge in [-0.15, -0.1) is 0 Å². The summed E-state index contributed by atoms with van der Waals surface area (Å²) in [5, 5.41) is 2.76. The average Bonchev–Trinajstić information content (AvgIpc) is 2.69. The van der Waals surface area contributed by atoms with E-state index in [-0.39, 0.29) is 18.9 Å². The van der Waals surface area contributed by atoms with E-state index in [1.807, 2.05) is 30.3 Å². The number of nitrogens with one attached hydrogen (secondary N) is 1. The van der Waals surface area contributed by atoms with Gasteiger partial charge >= 0.3 is 11.9 Å². The third kappa shape index (κ3) is 8.09. The van der Waals surface area contributed by atoms with E-state index in [0.29, 0.717) is 6.54 Å². The van der Waals surface area contributed by atoms with Gasteiger partial charge in [0.05, 0.1) is 16.9 Å². The molecule has 0 amide bonds. The van der Waals surface area contributed by atoms with E-state index in [2.05, 4.69) is 9.50 Å². The highest BCUT2D eigenvalue weighted by molar-refractivity contribution is 7.74. The quantitative estimate of drug-likeness (QED) is 0.280. The van der Waals surface area contributed by atoms with Crippen molar-refractivity contribution in [1.82, 2.24) is 5.32 Å². The number of hydrogen-bond acceptors (Lipinski definition) is 8. The smallest absolute Gasteiger partial charge is 0.344 e. The van der Waals surface area contributed by atoms with Gasteiger partial charge in [0, 0.05) is 6.54 Å². The first-order chi connectivity index (χ1) is 13.0. The van der Waals surface area contributed by atoms with Crippen molar-refractivity contribution in [2.24, 2.45) is 0 Å². The second-order valence-corrected chi connectivity index (χ2v) is 5.96. The minimum atomic E-state index is -2.56. The molecule has 0 saturated carbocycles. The highest BCUT2D eigenvalue weighted by Gasteiger charge is 2.11. The SMILES string of the molecule is O=C(COC(=O)c1ccc(CNCOS(=O)[O-])cc1)OCc1ccccc1. The molecule has 0 spiro atoms. The predicted molar refractivity (Wildman–Crippen MR) is 94.7 cm³/mol. The number of benzene rings is 2. The molecule has 1 atom stereocenters. The van der Waals surface area contributed by atoms with Crippen molar-refractivity contribution >= 4 is 23.3 Å². The Balaban J connectivity index is 1.70. The van der Waals surface area contributed by atoms with E-state index in [4.69, 9.17) is 9.47 Å². The van der Waals surface area contributed by atoms with Gasteiger partial charge in [-0.1, -0.05) is 42.5 Å². The molecular weight excluding hydrogens is 374 g/mol.